The number of rotatable bonds is 15. The molecule has 3 fully saturated rings. The van der Waals surface area contributed by atoms with Crippen molar-refractivity contribution in [3.63, 3.8) is 0 Å². The number of phenolic OH excluding ortho intramolecular Hbond substituents is 1. The second-order valence-electron chi connectivity index (χ2n) is 15.5. The minimum atomic E-state index is -0.864. The predicted octanol–water partition coefficient (Wildman–Crippen LogP) is 6.90. The highest BCUT2D eigenvalue weighted by molar-refractivity contribution is 5.89. The minimum absolute atomic E-state index is 0.0565. The first kappa shape index (κ1) is 40.3. The molecule has 308 valence electrons. The Balaban J connectivity index is 0.800. The number of fused-ring (bicyclic) bond motifs is 4. The third kappa shape index (κ3) is 9.86. The Kier molecular flexibility index (Phi) is 12.5. The van der Waals surface area contributed by atoms with Crippen molar-refractivity contribution in [3.05, 3.63) is 177 Å². The summed E-state index contributed by atoms with van der Waals surface area (Å²) in [6.45, 7) is 4.08. The molecule has 4 heterocycles. The number of nitrogens with one attached hydrogen (secondary N) is 3. The second-order valence-corrected chi connectivity index (χ2v) is 15.5. The van der Waals surface area contributed by atoms with E-state index in [9.17, 15) is 24.6 Å². The molecular formula is C48H48N4O8. The van der Waals surface area contributed by atoms with Gasteiger partial charge in [0.15, 0.2) is 0 Å². The quantitative estimate of drug-likeness (QED) is 0.0690. The van der Waals surface area contributed by atoms with Gasteiger partial charge in [0.2, 0.25) is 5.56 Å². The molecule has 1 unspecified atom stereocenters. The summed E-state index contributed by atoms with van der Waals surface area (Å²) in [4.78, 5) is 42.8. The lowest BCUT2D eigenvalue weighted by atomic mass is 9.86. The van der Waals surface area contributed by atoms with Gasteiger partial charge in [-0.2, -0.15) is 0 Å². The number of benzene rings is 5. The van der Waals surface area contributed by atoms with Crippen LogP contribution in [0.25, 0.3) is 10.9 Å². The number of aliphatic hydroxyl groups excluding tert-OH is 1. The van der Waals surface area contributed by atoms with Crippen LogP contribution in [0.5, 0.6) is 11.5 Å². The summed E-state index contributed by atoms with van der Waals surface area (Å²) < 4.78 is 17.7. The van der Waals surface area contributed by atoms with E-state index in [1.54, 1.807) is 24.3 Å². The number of aromatic nitrogens is 1. The Morgan fingerprint density at radius 2 is 1.52 bits per heavy atom. The number of ether oxygens (including phenoxy) is 3. The number of pyridine rings is 1. The van der Waals surface area contributed by atoms with Crippen molar-refractivity contribution >= 4 is 23.0 Å². The van der Waals surface area contributed by atoms with Crippen molar-refractivity contribution in [1.29, 1.82) is 0 Å². The second kappa shape index (κ2) is 18.6. The summed E-state index contributed by atoms with van der Waals surface area (Å²) in [6.07, 6.45) is 0.748. The number of aliphatic hydroxyl groups is 1. The van der Waals surface area contributed by atoms with Crippen LogP contribution in [-0.4, -0.2) is 64.4 Å². The average molecular weight is 809 g/mol. The molecule has 1 aromatic heterocycles. The Morgan fingerprint density at radius 1 is 0.800 bits per heavy atom. The fourth-order valence-electron chi connectivity index (χ4n) is 8.02. The third-order valence-electron chi connectivity index (χ3n) is 11.4. The van der Waals surface area contributed by atoms with Gasteiger partial charge in [-0.25, -0.2) is 9.59 Å². The molecule has 0 radical (unpaired) electrons. The Bertz CT molecular complexity index is 2470. The molecule has 3 aliphatic rings. The first-order chi connectivity index (χ1) is 29.3. The first-order valence-corrected chi connectivity index (χ1v) is 20.3. The molecule has 3 aliphatic heterocycles. The highest BCUT2D eigenvalue weighted by atomic mass is 16.6. The zero-order valence-corrected chi connectivity index (χ0v) is 33.1. The van der Waals surface area contributed by atoms with Crippen LogP contribution in [0.2, 0.25) is 0 Å². The first-order valence-electron chi connectivity index (χ1n) is 20.3. The van der Waals surface area contributed by atoms with Gasteiger partial charge in [0, 0.05) is 31.1 Å². The van der Waals surface area contributed by atoms with Crippen LogP contribution in [-0.2, 0) is 29.2 Å². The molecule has 1 amide bonds. The molecule has 12 nitrogen and oxygen atoms in total. The molecule has 3 atom stereocenters. The van der Waals surface area contributed by atoms with Gasteiger partial charge >= 0.3 is 12.1 Å². The summed E-state index contributed by atoms with van der Waals surface area (Å²) in [6, 6.07) is 37.9. The number of hydrogen-bond acceptors (Lipinski definition) is 10. The molecule has 5 aromatic carbocycles. The summed E-state index contributed by atoms with van der Waals surface area (Å²) in [5.74, 6) is 0.567. The van der Waals surface area contributed by atoms with Crippen molar-refractivity contribution in [2.75, 3.05) is 26.2 Å². The largest absolute Gasteiger partial charge is 0.506 e. The highest BCUT2D eigenvalue weighted by Gasteiger charge is 2.37. The van der Waals surface area contributed by atoms with E-state index in [1.807, 2.05) is 91.0 Å². The number of aromatic hydroxyl groups is 1. The summed E-state index contributed by atoms with van der Waals surface area (Å²) >= 11 is 0. The topological polar surface area (TPSA) is 162 Å². The lowest BCUT2D eigenvalue weighted by molar-refractivity contribution is -0.0336. The third-order valence-corrected chi connectivity index (χ3v) is 11.4. The Labute approximate surface area is 347 Å². The van der Waals surface area contributed by atoms with Gasteiger partial charge < -0.3 is 40.0 Å². The zero-order chi connectivity index (χ0) is 41.4. The van der Waals surface area contributed by atoms with Crippen LogP contribution in [0.4, 0.5) is 4.79 Å². The highest BCUT2D eigenvalue weighted by Crippen LogP contribution is 2.31. The van der Waals surface area contributed by atoms with E-state index in [4.69, 9.17) is 14.2 Å². The van der Waals surface area contributed by atoms with E-state index in [-0.39, 0.29) is 37.2 Å². The molecule has 9 rings (SSSR count). The lowest BCUT2D eigenvalue weighted by Crippen LogP contribution is -2.52. The number of nitrogens with zero attached hydrogens (tertiary/aromatic N) is 1. The molecule has 5 N–H and O–H groups in total. The average Bonchev–Trinajstić information content (AvgIpc) is 3.28. The number of aromatic amines is 1. The van der Waals surface area contributed by atoms with E-state index in [0.717, 1.165) is 60.3 Å². The van der Waals surface area contributed by atoms with Crippen molar-refractivity contribution in [1.82, 2.24) is 20.5 Å². The molecule has 60 heavy (non-hydrogen) atoms. The smallest absolute Gasteiger partial charge is 0.408 e. The number of phenols is 1. The number of carbonyl (C=O) groups excluding carboxylic acids is 2. The molecule has 0 spiro atoms. The molecule has 0 saturated carbocycles. The van der Waals surface area contributed by atoms with Crippen LogP contribution in [0.15, 0.2) is 132 Å². The van der Waals surface area contributed by atoms with Gasteiger partial charge in [0.05, 0.1) is 23.2 Å². The van der Waals surface area contributed by atoms with Gasteiger partial charge in [-0.15, -0.1) is 0 Å². The van der Waals surface area contributed by atoms with E-state index in [1.165, 1.54) is 12.1 Å². The predicted molar refractivity (Wildman–Crippen MR) is 227 cm³/mol. The molecule has 2 bridgehead atoms. The maximum absolute atomic E-state index is 13.2. The van der Waals surface area contributed by atoms with Crippen molar-refractivity contribution in [3.8, 4) is 11.5 Å². The zero-order valence-electron chi connectivity index (χ0n) is 33.1. The van der Waals surface area contributed by atoms with Gasteiger partial charge in [0.25, 0.3) is 0 Å². The number of piperidine rings is 3. The lowest BCUT2D eigenvalue weighted by Gasteiger charge is -2.43. The summed E-state index contributed by atoms with van der Waals surface area (Å²) in [5.41, 5.74) is 5.47. The van der Waals surface area contributed by atoms with Gasteiger partial charge in [-0.05, 0) is 102 Å². The molecule has 12 heteroatoms. The van der Waals surface area contributed by atoms with E-state index in [0.29, 0.717) is 40.2 Å². The van der Waals surface area contributed by atoms with Gasteiger partial charge in [-0.1, -0.05) is 84.9 Å². The fraction of sp³-hybridized carbons (Fsp3) is 0.271. The SMILES string of the molecule is O=C(NC(c1ccccc1)c1cccc(OCc2ccc(C(=O)OCc3ccc(CNC[C@H](O)c4ccc(O)c5[nH]c(=O)ccc45)cc3)cc2)c1)O[C@H]1CN2CCC1CC2. The Morgan fingerprint density at radius 3 is 2.27 bits per heavy atom. The minimum Gasteiger partial charge on any atom is -0.506 e. The Hall–Kier alpha value is -6.47. The standard InChI is InChI=1S/C48H48N4O8/c53-41-19-17-39(40-18-20-44(55)50-46(40)41)42(54)27-49-26-31-9-11-32(12-10-31)30-59-47(56)36-15-13-33(14-16-36)29-58-38-8-4-7-37(25-38)45(35-5-2-1-3-6-35)51-48(57)60-43-28-52-23-21-34(43)22-24-52/h1-20,25,34,42-43,45,49,53-54H,21-24,26-30H2,(H,50,55)(H,51,57)/t42-,43-,45?/m0/s1. The molecule has 6 aromatic rings. The van der Waals surface area contributed by atoms with Crippen molar-refractivity contribution in [2.24, 2.45) is 5.92 Å². The van der Waals surface area contributed by atoms with Crippen LogP contribution < -0.4 is 20.9 Å². The number of amides is 1. The summed E-state index contributed by atoms with van der Waals surface area (Å²) in [5, 5.41) is 27.9. The number of hydrogen-bond donors (Lipinski definition) is 5. The monoisotopic (exact) mass is 808 g/mol. The molecule has 0 aliphatic carbocycles. The van der Waals surface area contributed by atoms with Crippen LogP contribution in [0, 0.1) is 5.92 Å². The molecular weight excluding hydrogens is 761 g/mol. The fourth-order valence-corrected chi connectivity index (χ4v) is 8.02. The van der Waals surface area contributed by atoms with Gasteiger partial charge in [0.1, 0.15) is 30.8 Å². The summed E-state index contributed by atoms with van der Waals surface area (Å²) in [7, 11) is 0. The van der Waals surface area contributed by atoms with Gasteiger partial charge in [-0.3, -0.25) is 9.69 Å². The maximum Gasteiger partial charge on any atom is 0.408 e. The van der Waals surface area contributed by atoms with E-state index >= 15 is 0 Å². The number of esters is 1. The van der Waals surface area contributed by atoms with E-state index < -0.39 is 24.2 Å². The van der Waals surface area contributed by atoms with Crippen molar-refractivity contribution < 1.29 is 34.0 Å². The normalized spacial score (nSPS) is 18.1. The number of alkyl carbamates (subject to hydrolysis) is 1. The maximum atomic E-state index is 13.2. The van der Waals surface area contributed by atoms with Crippen LogP contribution in [0.3, 0.4) is 0 Å². The van der Waals surface area contributed by atoms with Crippen molar-refractivity contribution in [2.45, 2.75) is 50.8 Å². The number of H-pyrrole nitrogens is 1. The van der Waals surface area contributed by atoms with Crippen LogP contribution >= 0.6 is 0 Å². The number of carbonyl (C=O) groups is 2. The van der Waals surface area contributed by atoms with E-state index in [2.05, 4.69) is 20.5 Å². The molecule has 3 saturated heterocycles. The van der Waals surface area contributed by atoms with Crippen LogP contribution in [0.1, 0.15) is 68.7 Å².